The monoisotopic (exact) mass is 303 g/mol. The van der Waals surface area contributed by atoms with Crippen LogP contribution in [0.2, 0.25) is 0 Å². The van der Waals surface area contributed by atoms with Gasteiger partial charge in [0.1, 0.15) is 5.82 Å². The maximum absolute atomic E-state index is 13.9. The second-order valence-electron chi connectivity index (χ2n) is 5.30. The van der Waals surface area contributed by atoms with Crippen molar-refractivity contribution in [2.75, 3.05) is 5.32 Å². The van der Waals surface area contributed by atoms with Crippen LogP contribution in [0.3, 0.4) is 0 Å². The van der Waals surface area contributed by atoms with E-state index in [0.29, 0.717) is 11.5 Å². The maximum Gasteiger partial charge on any atom is 0.335 e. The number of carboxylic acid groups (broad SMARTS) is 1. The molecule has 3 rings (SSSR count). The number of amides is 1. The highest BCUT2D eigenvalue weighted by Gasteiger charge is 2.31. The van der Waals surface area contributed by atoms with Crippen LogP contribution in [0.15, 0.2) is 24.4 Å². The second kappa shape index (κ2) is 5.25. The Labute approximate surface area is 125 Å². The van der Waals surface area contributed by atoms with E-state index in [1.54, 1.807) is 11.7 Å². The molecule has 1 heterocycles. The van der Waals surface area contributed by atoms with Crippen molar-refractivity contribution in [1.29, 1.82) is 0 Å². The average molecular weight is 303 g/mol. The number of hydrogen-bond acceptors (Lipinski definition) is 3. The summed E-state index contributed by atoms with van der Waals surface area (Å²) in [6.07, 6.45) is 3.50. The van der Waals surface area contributed by atoms with E-state index in [-0.39, 0.29) is 11.3 Å². The summed E-state index contributed by atoms with van der Waals surface area (Å²) in [6.45, 7) is 0. The molecule has 1 aliphatic carbocycles. The van der Waals surface area contributed by atoms with Gasteiger partial charge in [-0.3, -0.25) is 9.48 Å². The molecule has 0 spiro atoms. The quantitative estimate of drug-likeness (QED) is 0.908. The lowest BCUT2D eigenvalue weighted by Crippen LogP contribution is -2.15. The Balaban J connectivity index is 1.84. The molecular formula is C15H14FN3O3. The molecule has 7 heteroatoms. The number of benzene rings is 1. The predicted molar refractivity (Wildman–Crippen MR) is 76.5 cm³/mol. The molecule has 0 saturated heterocycles. The van der Waals surface area contributed by atoms with E-state index >= 15 is 0 Å². The molecule has 0 bridgehead atoms. The normalized spacial score (nSPS) is 13.9. The van der Waals surface area contributed by atoms with Crippen molar-refractivity contribution in [2.24, 2.45) is 7.05 Å². The van der Waals surface area contributed by atoms with Crippen LogP contribution in [0.1, 0.15) is 45.2 Å². The number of hydrogen-bond donors (Lipinski definition) is 2. The first-order valence-electron chi connectivity index (χ1n) is 6.83. The molecule has 1 saturated carbocycles. The summed E-state index contributed by atoms with van der Waals surface area (Å²) in [6, 6.07) is 3.36. The molecule has 1 aromatic carbocycles. The third-order valence-electron chi connectivity index (χ3n) is 3.66. The zero-order valence-corrected chi connectivity index (χ0v) is 11.8. The highest BCUT2D eigenvalue weighted by atomic mass is 19.1. The van der Waals surface area contributed by atoms with Crippen molar-refractivity contribution in [2.45, 2.75) is 18.8 Å². The fourth-order valence-electron chi connectivity index (χ4n) is 2.40. The van der Waals surface area contributed by atoms with Crippen molar-refractivity contribution in [3.63, 3.8) is 0 Å². The van der Waals surface area contributed by atoms with E-state index in [9.17, 15) is 14.0 Å². The molecule has 0 aliphatic heterocycles. The van der Waals surface area contributed by atoms with Crippen molar-refractivity contribution >= 4 is 17.6 Å². The molecule has 1 aromatic heterocycles. The molecule has 1 amide bonds. The minimum absolute atomic E-state index is 0.0550. The van der Waals surface area contributed by atoms with Crippen LogP contribution in [-0.2, 0) is 7.05 Å². The smallest absolute Gasteiger partial charge is 0.335 e. The Kier molecular flexibility index (Phi) is 3.40. The van der Waals surface area contributed by atoms with Crippen LogP contribution in [0.25, 0.3) is 0 Å². The van der Waals surface area contributed by atoms with Gasteiger partial charge in [0.15, 0.2) is 0 Å². The number of carboxylic acids is 1. The summed E-state index contributed by atoms with van der Waals surface area (Å²) < 4.78 is 15.5. The molecule has 6 nitrogen and oxygen atoms in total. The van der Waals surface area contributed by atoms with Crippen molar-refractivity contribution in [3.05, 3.63) is 47.0 Å². The molecule has 0 unspecified atom stereocenters. The third-order valence-corrected chi connectivity index (χ3v) is 3.66. The number of nitrogens with zero attached hydrogens (tertiary/aromatic N) is 2. The van der Waals surface area contributed by atoms with E-state index in [0.717, 1.165) is 24.6 Å². The highest BCUT2D eigenvalue weighted by Crippen LogP contribution is 2.41. The number of aryl methyl sites for hydroxylation is 1. The maximum atomic E-state index is 13.9. The molecule has 2 N–H and O–H groups in total. The minimum atomic E-state index is -1.22. The van der Waals surface area contributed by atoms with Gasteiger partial charge in [-0.1, -0.05) is 0 Å². The van der Waals surface area contributed by atoms with E-state index < -0.39 is 17.7 Å². The van der Waals surface area contributed by atoms with Gasteiger partial charge in [0, 0.05) is 13.0 Å². The van der Waals surface area contributed by atoms with E-state index in [1.165, 1.54) is 18.3 Å². The number of halogens is 1. The summed E-state index contributed by atoms with van der Waals surface area (Å²) in [4.78, 5) is 23.1. The topological polar surface area (TPSA) is 84.2 Å². The Morgan fingerprint density at radius 3 is 2.73 bits per heavy atom. The average Bonchev–Trinajstić information content (AvgIpc) is 3.23. The Morgan fingerprint density at radius 2 is 2.14 bits per heavy atom. The summed E-state index contributed by atoms with van der Waals surface area (Å²) in [5, 5.41) is 15.4. The molecular weight excluding hydrogens is 289 g/mol. The van der Waals surface area contributed by atoms with Crippen LogP contribution in [0, 0.1) is 5.82 Å². The van der Waals surface area contributed by atoms with Gasteiger partial charge in [0.2, 0.25) is 0 Å². The molecule has 1 aliphatic rings. The molecule has 114 valence electrons. The van der Waals surface area contributed by atoms with Crippen LogP contribution in [-0.4, -0.2) is 26.8 Å². The summed E-state index contributed by atoms with van der Waals surface area (Å²) in [5.41, 5.74) is 1.04. The standard InChI is InChI=1S/C15H14FN3O3/c1-19-13(8-2-3-8)10(7-17-19)14(20)18-12-5-4-9(15(21)22)6-11(12)16/h4-8H,2-3H2,1H3,(H,18,20)(H,21,22). The van der Waals surface area contributed by atoms with E-state index in [2.05, 4.69) is 10.4 Å². The number of anilines is 1. The van der Waals surface area contributed by atoms with E-state index in [1.807, 2.05) is 0 Å². The third kappa shape index (κ3) is 2.57. The first-order valence-corrected chi connectivity index (χ1v) is 6.83. The lowest BCUT2D eigenvalue weighted by molar-refractivity contribution is 0.0696. The van der Waals surface area contributed by atoms with Gasteiger partial charge >= 0.3 is 5.97 Å². The molecule has 2 aromatic rings. The summed E-state index contributed by atoms with van der Waals surface area (Å²) in [7, 11) is 1.77. The summed E-state index contributed by atoms with van der Waals surface area (Å²) >= 11 is 0. The number of aromatic nitrogens is 2. The minimum Gasteiger partial charge on any atom is -0.478 e. The summed E-state index contributed by atoms with van der Waals surface area (Å²) in [5.74, 6) is -2.13. The SMILES string of the molecule is Cn1ncc(C(=O)Nc2ccc(C(=O)O)cc2F)c1C1CC1. The fourth-order valence-corrected chi connectivity index (χ4v) is 2.40. The molecule has 1 fully saturated rings. The number of carbonyl (C=O) groups is 2. The van der Waals surface area contributed by atoms with Crippen molar-refractivity contribution < 1.29 is 19.1 Å². The lowest BCUT2D eigenvalue weighted by atomic mass is 10.1. The van der Waals surface area contributed by atoms with Gasteiger partial charge in [-0.05, 0) is 31.0 Å². The van der Waals surface area contributed by atoms with Crippen LogP contribution < -0.4 is 5.32 Å². The van der Waals surface area contributed by atoms with Gasteiger partial charge in [-0.25, -0.2) is 9.18 Å². The van der Waals surface area contributed by atoms with Gasteiger partial charge in [-0.2, -0.15) is 5.10 Å². The van der Waals surface area contributed by atoms with Crippen LogP contribution in [0.4, 0.5) is 10.1 Å². The van der Waals surface area contributed by atoms with Crippen molar-refractivity contribution in [1.82, 2.24) is 9.78 Å². The largest absolute Gasteiger partial charge is 0.478 e. The van der Waals surface area contributed by atoms with Crippen LogP contribution in [0.5, 0.6) is 0 Å². The van der Waals surface area contributed by atoms with Crippen LogP contribution >= 0.6 is 0 Å². The number of nitrogens with one attached hydrogen (secondary N) is 1. The van der Waals surface area contributed by atoms with Gasteiger partial charge in [0.05, 0.1) is 28.7 Å². The Hall–Kier alpha value is -2.70. The molecule has 0 atom stereocenters. The first kappa shape index (κ1) is 14.2. The Morgan fingerprint density at radius 1 is 1.41 bits per heavy atom. The first-order chi connectivity index (χ1) is 10.5. The van der Waals surface area contributed by atoms with Gasteiger partial charge < -0.3 is 10.4 Å². The molecule has 22 heavy (non-hydrogen) atoms. The van der Waals surface area contributed by atoms with Gasteiger partial charge in [-0.15, -0.1) is 0 Å². The number of rotatable bonds is 4. The molecule has 0 radical (unpaired) electrons. The van der Waals surface area contributed by atoms with E-state index in [4.69, 9.17) is 5.11 Å². The highest BCUT2D eigenvalue weighted by molar-refractivity contribution is 6.05. The fraction of sp³-hybridized carbons (Fsp3) is 0.267. The predicted octanol–water partition coefficient (Wildman–Crippen LogP) is 2.39. The number of carbonyl (C=O) groups excluding carboxylic acids is 1. The second-order valence-corrected chi connectivity index (χ2v) is 5.30. The van der Waals surface area contributed by atoms with Crippen molar-refractivity contribution in [3.8, 4) is 0 Å². The number of aromatic carboxylic acids is 1. The van der Waals surface area contributed by atoms with Gasteiger partial charge in [0.25, 0.3) is 5.91 Å². The Bertz CT molecular complexity index is 765. The lowest BCUT2D eigenvalue weighted by Gasteiger charge is -2.08. The zero-order chi connectivity index (χ0) is 15.9. The zero-order valence-electron chi connectivity index (χ0n) is 11.8.